The average molecular weight is 276 g/mol. The van der Waals surface area contributed by atoms with Crippen molar-refractivity contribution in [2.75, 3.05) is 13.7 Å². The maximum Gasteiger partial charge on any atom is 0.355 e. The Morgan fingerprint density at radius 1 is 1.30 bits per heavy atom. The number of carbonyl (C=O) groups excluding carboxylic acids is 2. The lowest BCUT2D eigenvalue weighted by molar-refractivity contribution is 0.0518. The highest BCUT2D eigenvalue weighted by molar-refractivity contribution is 6.01. The molecule has 6 heteroatoms. The van der Waals surface area contributed by atoms with Crippen molar-refractivity contribution < 1.29 is 19.1 Å². The molecule has 2 aromatic rings. The van der Waals surface area contributed by atoms with E-state index in [0.29, 0.717) is 16.8 Å². The van der Waals surface area contributed by atoms with Crippen molar-refractivity contribution in [1.29, 1.82) is 0 Å². The number of methoxy groups -OCH3 is 1. The number of nitrogens with two attached hydrogens (primary N) is 1. The molecule has 0 spiro atoms. The van der Waals surface area contributed by atoms with E-state index in [1.54, 1.807) is 25.1 Å². The van der Waals surface area contributed by atoms with Crippen LogP contribution >= 0.6 is 0 Å². The molecule has 0 bridgehead atoms. The zero-order chi connectivity index (χ0) is 14.7. The van der Waals surface area contributed by atoms with E-state index in [4.69, 9.17) is 10.5 Å². The van der Waals surface area contributed by atoms with Gasteiger partial charge in [-0.15, -0.1) is 0 Å². The van der Waals surface area contributed by atoms with Crippen LogP contribution in [0.25, 0.3) is 10.9 Å². The van der Waals surface area contributed by atoms with Gasteiger partial charge in [-0.1, -0.05) is 0 Å². The van der Waals surface area contributed by atoms with Gasteiger partial charge in [0.2, 0.25) is 0 Å². The summed E-state index contributed by atoms with van der Waals surface area (Å²) in [5.74, 6) is -0.891. The van der Waals surface area contributed by atoms with Gasteiger partial charge in [-0.2, -0.15) is 0 Å². The topological polar surface area (TPSA) is 94.4 Å². The predicted octanol–water partition coefficient (Wildman–Crippen LogP) is 1.59. The van der Waals surface area contributed by atoms with Crippen molar-refractivity contribution in [3.8, 4) is 0 Å². The fourth-order valence-corrected chi connectivity index (χ4v) is 2.08. The lowest BCUT2D eigenvalue weighted by Gasteiger charge is -2.02. The van der Waals surface area contributed by atoms with Crippen LogP contribution in [0.15, 0.2) is 18.2 Å². The average Bonchev–Trinajstić information content (AvgIpc) is 2.84. The fourth-order valence-electron chi connectivity index (χ4n) is 2.08. The Morgan fingerprint density at radius 3 is 2.65 bits per heavy atom. The van der Waals surface area contributed by atoms with E-state index in [9.17, 15) is 9.59 Å². The van der Waals surface area contributed by atoms with E-state index in [0.717, 1.165) is 10.9 Å². The molecule has 0 aliphatic rings. The van der Waals surface area contributed by atoms with E-state index in [2.05, 4.69) is 9.72 Å². The molecule has 3 N–H and O–H groups in total. The highest BCUT2D eigenvalue weighted by atomic mass is 16.5. The van der Waals surface area contributed by atoms with Gasteiger partial charge in [0.15, 0.2) is 0 Å². The molecule has 1 aromatic heterocycles. The second-order valence-electron chi connectivity index (χ2n) is 4.16. The van der Waals surface area contributed by atoms with E-state index in [-0.39, 0.29) is 13.2 Å². The zero-order valence-electron chi connectivity index (χ0n) is 11.4. The number of benzene rings is 1. The van der Waals surface area contributed by atoms with Gasteiger partial charge in [-0.05, 0) is 25.1 Å². The van der Waals surface area contributed by atoms with Crippen molar-refractivity contribution in [2.45, 2.75) is 13.5 Å². The third-order valence-corrected chi connectivity index (χ3v) is 3.01. The van der Waals surface area contributed by atoms with Crippen LogP contribution in [0.1, 0.15) is 33.3 Å². The summed E-state index contributed by atoms with van der Waals surface area (Å²) in [6.45, 7) is 2.18. The summed E-state index contributed by atoms with van der Waals surface area (Å²) in [6.07, 6.45) is 0. The summed E-state index contributed by atoms with van der Waals surface area (Å²) in [4.78, 5) is 26.4. The molecule has 20 heavy (non-hydrogen) atoms. The van der Waals surface area contributed by atoms with Gasteiger partial charge in [0.1, 0.15) is 5.69 Å². The van der Waals surface area contributed by atoms with Gasteiger partial charge in [0, 0.05) is 23.0 Å². The Balaban J connectivity index is 2.57. The summed E-state index contributed by atoms with van der Waals surface area (Å²) in [7, 11) is 1.32. The lowest BCUT2D eigenvalue weighted by Crippen LogP contribution is -2.10. The van der Waals surface area contributed by atoms with Crippen LogP contribution in [0.3, 0.4) is 0 Å². The Morgan fingerprint density at radius 2 is 2.05 bits per heavy atom. The van der Waals surface area contributed by atoms with E-state index in [1.807, 2.05) is 0 Å². The Labute approximate surface area is 115 Å². The summed E-state index contributed by atoms with van der Waals surface area (Å²) < 4.78 is 9.66. The zero-order valence-corrected chi connectivity index (χ0v) is 11.4. The fraction of sp³-hybridized carbons (Fsp3) is 0.286. The van der Waals surface area contributed by atoms with E-state index in [1.165, 1.54) is 7.11 Å². The summed E-state index contributed by atoms with van der Waals surface area (Å²) >= 11 is 0. The Bertz CT molecular complexity index is 660. The normalized spacial score (nSPS) is 10.6. The molecule has 2 rings (SSSR count). The number of H-pyrrole nitrogens is 1. The van der Waals surface area contributed by atoms with Gasteiger partial charge in [0.05, 0.1) is 19.3 Å². The second kappa shape index (κ2) is 5.75. The van der Waals surface area contributed by atoms with Gasteiger partial charge < -0.3 is 20.2 Å². The van der Waals surface area contributed by atoms with Crippen molar-refractivity contribution in [2.24, 2.45) is 5.73 Å². The van der Waals surface area contributed by atoms with Crippen LogP contribution in [-0.4, -0.2) is 30.6 Å². The SMILES string of the molecule is CCOC(=O)c1[nH]c2ccc(C(=O)OC)cc2c1CN. The number of esters is 2. The van der Waals surface area contributed by atoms with Crippen molar-refractivity contribution in [3.63, 3.8) is 0 Å². The predicted molar refractivity (Wildman–Crippen MR) is 73.5 cm³/mol. The van der Waals surface area contributed by atoms with Gasteiger partial charge >= 0.3 is 11.9 Å². The first-order valence-electron chi connectivity index (χ1n) is 6.22. The molecule has 0 radical (unpaired) electrons. The number of carbonyl (C=O) groups is 2. The minimum absolute atomic E-state index is 0.165. The molecule has 0 unspecified atom stereocenters. The van der Waals surface area contributed by atoms with Crippen LogP contribution in [0.5, 0.6) is 0 Å². The monoisotopic (exact) mass is 276 g/mol. The molecule has 0 fully saturated rings. The first-order chi connectivity index (χ1) is 9.62. The molecule has 0 aliphatic carbocycles. The van der Waals surface area contributed by atoms with Crippen molar-refractivity contribution >= 4 is 22.8 Å². The molecule has 6 nitrogen and oxygen atoms in total. The van der Waals surface area contributed by atoms with Gasteiger partial charge in [0.25, 0.3) is 0 Å². The molecule has 0 saturated carbocycles. The van der Waals surface area contributed by atoms with Crippen molar-refractivity contribution in [3.05, 3.63) is 35.0 Å². The first kappa shape index (κ1) is 14.1. The van der Waals surface area contributed by atoms with Crippen LogP contribution in [0.2, 0.25) is 0 Å². The van der Waals surface area contributed by atoms with Crippen LogP contribution in [-0.2, 0) is 16.0 Å². The highest BCUT2D eigenvalue weighted by Crippen LogP contribution is 2.24. The molecule has 0 aliphatic heterocycles. The second-order valence-corrected chi connectivity index (χ2v) is 4.16. The molecule has 1 aromatic carbocycles. The number of hydrogen-bond acceptors (Lipinski definition) is 5. The van der Waals surface area contributed by atoms with Gasteiger partial charge in [-0.25, -0.2) is 9.59 Å². The maximum atomic E-state index is 11.9. The minimum atomic E-state index is -0.455. The number of fused-ring (bicyclic) bond motifs is 1. The van der Waals surface area contributed by atoms with Gasteiger partial charge in [-0.3, -0.25) is 0 Å². The largest absolute Gasteiger partial charge is 0.465 e. The lowest BCUT2D eigenvalue weighted by atomic mass is 10.1. The molecule has 0 amide bonds. The third-order valence-electron chi connectivity index (χ3n) is 3.01. The number of hydrogen-bond donors (Lipinski definition) is 2. The number of aromatic amines is 1. The quantitative estimate of drug-likeness (QED) is 0.827. The third kappa shape index (κ3) is 2.37. The number of aromatic nitrogens is 1. The van der Waals surface area contributed by atoms with Crippen molar-refractivity contribution in [1.82, 2.24) is 4.98 Å². The summed E-state index contributed by atoms with van der Waals surface area (Å²) in [5.41, 5.74) is 7.79. The minimum Gasteiger partial charge on any atom is -0.465 e. The smallest absolute Gasteiger partial charge is 0.355 e. The number of ether oxygens (including phenoxy) is 2. The number of nitrogens with one attached hydrogen (secondary N) is 1. The summed E-state index contributed by atoms with van der Waals surface area (Å²) in [6, 6.07) is 4.99. The Hall–Kier alpha value is -2.34. The molecule has 0 atom stereocenters. The maximum absolute atomic E-state index is 11.9. The molecule has 0 saturated heterocycles. The number of rotatable bonds is 4. The van der Waals surface area contributed by atoms with Crippen LogP contribution in [0, 0.1) is 0 Å². The van der Waals surface area contributed by atoms with E-state index >= 15 is 0 Å². The van der Waals surface area contributed by atoms with Crippen LogP contribution in [0.4, 0.5) is 0 Å². The highest BCUT2D eigenvalue weighted by Gasteiger charge is 2.19. The van der Waals surface area contributed by atoms with E-state index < -0.39 is 11.9 Å². The van der Waals surface area contributed by atoms with Crippen LogP contribution < -0.4 is 5.73 Å². The molecular weight excluding hydrogens is 260 g/mol. The summed E-state index contributed by atoms with van der Waals surface area (Å²) in [5, 5.41) is 0.721. The standard InChI is InChI=1S/C14H16N2O4/c1-3-20-14(18)12-10(7-15)9-6-8(13(17)19-2)4-5-11(9)16-12/h4-6,16H,3,7,15H2,1-2H3. The Kier molecular flexibility index (Phi) is 4.05. The first-order valence-corrected chi connectivity index (χ1v) is 6.22. The molecule has 106 valence electrons. The molecular formula is C14H16N2O4. The molecule has 1 heterocycles.